The molecule has 3 N–H and O–H groups in total. The Labute approximate surface area is 122 Å². The fourth-order valence-electron chi connectivity index (χ4n) is 2.23. The predicted molar refractivity (Wildman–Crippen MR) is 77.8 cm³/mol. The van der Waals surface area contributed by atoms with Gasteiger partial charge in [0.15, 0.2) is 0 Å². The van der Waals surface area contributed by atoms with Gasteiger partial charge in [0.25, 0.3) is 0 Å². The minimum absolute atomic E-state index is 0.238. The van der Waals surface area contributed by atoms with E-state index in [-0.39, 0.29) is 11.9 Å². The van der Waals surface area contributed by atoms with Crippen LogP contribution < -0.4 is 11.3 Å². The number of nitrogens with one attached hydrogen (secondary N) is 1. The van der Waals surface area contributed by atoms with Crippen LogP contribution in [0.2, 0.25) is 5.02 Å². The van der Waals surface area contributed by atoms with Crippen LogP contribution in [0.5, 0.6) is 0 Å². The molecule has 0 amide bonds. The topological polar surface area (TPSA) is 55.9 Å². The maximum atomic E-state index is 13.4. The summed E-state index contributed by atoms with van der Waals surface area (Å²) >= 11 is 6.22. The number of nitrogens with two attached hydrogens (primary N) is 1. The molecule has 0 aliphatic rings. The minimum atomic E-state index is -0.323. The summed E-state index contributed by atoms with van der Waals surface area (Å²) in [5.41, 5.74) is 4.96. The fourth-order valence-corrected chi connectivity index (χ4v) is 2.48. The Hall–Kier alpha value is -1.43. The zero-order valence-electron chi connectivity index (χ0n) is 11.5. The van der Waals surface area contributed by atoms with Crippen LogP contribution in [-0.4, -0.2) is 9.78 Å². The van der Waals surface area contributed by atoms with Crippen molar-refractivity contribution in [1.29, 1.82) is 0 Å². The SMILES string of the molecule is CCCn1ncc(Cl)c1C(NN)c1ccc(F)c(C)c1. The summed E-state index contributed by atoms with van der Waals surface area (Å²) in [7, 11) is 0. The van der Waals surface area contributed by atoms with E-state index in [1.807, 2.05) is 4.68 Å². The molecule has 0 bridgehead atoms. The zero-order chi connectivity index (χ0) is 14.7. The van der Waals surface area contributed by atoms with Gasteiger partial charge in [-0.3, -0.25) is 10.5 Å². The molecule has 4 nitrogen and oxygen atoms in total. The number of hydrogen-bond acceptors (Lipinski definition) is 3. The van der Waals surface area contributed by atoms with Crippen molar-refractivity contribution in [3.05, 3.63) is 52.1 Å². The van der Waals surface area contributed by atoms with Gasteiger partial charge in [-0.15, -0.1) is 0 Å². The molecule has 1 heterocycles. The molecule has 1 atom stereocenters. The second kappa shape index (κ2) is 6.35. The van der Waals surface area contributed by atoms with Crippen molar-refractivity contribution in [2.24, 2.45) is 5.84 Å². The van der Waals surface area contributed by atoms with E-state index in [0.717, 1.165) is 24.2 Å². The zero-order valence-corrected chi connectivity index (χ0v) is 12.3. The first-order chi connectivity index (χ1) is 9.58. The van der Waals surface area contributed by atoms with E-state index >= 15 is 0 Å². The highest BCUT2D eigenvalue weighted by Gasteiger charge is 2.21. The molecule has 20 heavy (non-hydrogen) atoms. The Balaban J connectivity index is 2.46. The molecule has 108 valence electrons. The van der Waals surface area contributed by atoms with Gasteiger partial charge in [0.05, 0.1) is 23.0 Å². The molecule has 1 aromatic carbocycles. The Morgan fingerprint density at radius 2 is 2.25 bits per heavy atom. The summed E-state index contributed by atoms with van der Waals surface area (Å²) in [5, 5.41) is 4.80. The van der Waals surface area contributed by atoms with Gasteiger partial charge in [-0.1, -0.05) is 30.7 Å². The summed E-state index contributed by atoms with van der Waals surface area (Å²) in [5.74, 6) is 5.44. The summed E-state index contributed by atoms with van der Waals surface area (Å²) in [4.78, 5) is 0. The smallest absolute Gasteiger partial charge is 0.126 e. The Bertz CT molecular complexity index is 597. The van der Waals surface area contributed by atoms with E-state index in [1.165, 1.54) is 6.07 Å². The van der Waals surface area contributed by atoms with Gasteiger partial charge in [0.1, 0.15) is 5.82 Å². The number of benzene rings is 1. The quantitative estimate of drug-likeness (QED) is 0.659. The van der Waals surface area contributed by atoms with Gasteiger partial charge in [0, 0.05) is 6.54 Å². The third kappa shape index (κ3) is 2.85. The predicted octanol–water partition coefficient (Wildman–Crippen LogP) is 2.95. The van der Waals surface area contributed by atoms with Crippen LogP contribution in [0.3, 0.4) is 0 Å². The first-order valence-electron chi connectivity index (χ1n) is 6.51. The number of hydrazine groups is 1. The van der Waals surface area contributed by atoms with E-state index in [2.05, 4.69) is 17.4 Å². The lowest BCUT2D eigenvalue weighted by atomic mass is 10.0. The monoisotopic (exact) mass is 296 g/mol. The maximum absolute atomic E-state index is 13.4. The lowest BCUT2D eigenvalue weighted by molar-refractivity contribution is 0.520. The third-order valence-corrected chi connectivity index (χ3v) is 3.52. The number of hydrogen-bond donors (Lipinski definition) is 2. The molecule has 1 unspecified atom stereocenters. The summed E-state index contributed by atoms with van der Waals surface area (Å²) in [6.45, 7) is 4.53. The minimum Gasteiger partial charge on any atom is -0.271 e. The second-order valence-corrected chi connectivity index (χ2v) is 5.12. The van der Waals surface area contributed by atoms with E-state index in [4.69, 9.17) is 17.4 Å². The molecule has 2 rings (SSSR count). The molecule has 0 aliphatic heterocycles. The van der Waals surface area contributed by atoms with Crippen molar-refractivity contribution in [3.63, 3.8) is 0 Å². The summed E-state index contributed by atoms with van der Waals surface area (Å²) in [6.07, 6.45) is 2.54. The van der Waals surface area contributed by atoms with Crippen LogP contribution in [0.1, 0.15) is 36.2 Å². The van der Waals surface area contributed by atoms with Crippen LogP contribution in [-0.2, 0) is 6.54 Å². The average Bonchev–Trinajstić information content (AvgIpc) is 2.77. The second-order valence-electron chi connectivity index (χ2n) is 4.71. The van der Waals surface area contributed by atoms with Crippen LogP contribution in [0.15, 0.2) is 24.4 Å². The van der Waals surface area contributed by atoms with Gasteiger partial charge in [-0.05, 0) is 30.5 Å². The third-order valence-electron chi connectivity index (χ3n) is 3.22. The summed E-state index contributed by atoms with van der Waals surface area (Å²) in [6, 6.07) is 4.57. The molecular formula is C14H18ClFN4. The van der Waals surface area contributed by atoms with Gasteiger partial charge in [-0.25, -0.2) is 9.82 Å². The number of halogens is 2. The summed E-state index contributed by atoms with van der Waals surface area (Å²) < 4.78 is 15.2. The van der Waals surface area contributed by atoms with Crippen LogP contribution >= 0.6 is 11.6 Å². The highest BCUT2D eigenvalue weighted by atomic mass is 35.5. The van der Waals surface area contributed by atoms with Crippen LogP contribution in [0.4, 0.5) is 4.39 Å². The molecule has 0 saturated carbocycles. The fraction of sp³-hybridized carbons (Fsp3) is 0.357. The molecule has 6 heteroatoms. The molecule has 2 aromatic rings. The first-order valence-corrected chi connectivity index (χ1v) is 6.89. The normalized spacial score (nSPS) is 12.7. The lowest BCUT2D eigenvalue weighted by Crippen LogP contribution is -2.31. The Morgan fingerprint density at radius 3 is 2.85 bits per heavy atom. The van der Waals surface area contributed by atoms with Gasteiger partial charge >= 0.3 is 0 Å². The average molecular weight is 297 g/mol. The van der Waals surface area contributed by atoms with Crippen molar-refractivity contribution < 1.29 is 4.39 Å². The maximum Gasteiger partial charge on any atom is 0.126 e. The molecular weight excluding hydrogens is 279 g/mol. The first kappa shape index (κ1) is 15.0. The highest BCUT2D eigenvalue weighted by Crippen LogP contribution is 2.28. The molecule has 0 saturated heterocycles. The van der Waals surface area contributed by atoms with E-state index in [1.54, 1.807) is 25.3 Å². The standard InChI is InChI=1S/C14H18ClFN4/c1-3-6-20-14(11(15)8-18-20)13(19-17)10-4-5-12(16)9(2)7-10/h4-5,7-8,13,19H,3,6,17H2,1-2H3. The van der Waals surface area contributed by atoms with Crippen molar-refractivity contribution in [2.75, 3.05) is 0 Å². The van der Waals surface area contributed by atoms with Gasteiger partial charge < -0.3 is 0 Å². The number of rotatable bonds is 5. The Morgan fingerprint density at radius 1 is 1.50 bits per heavy atom. The van der Waals surface area contributed by atoms with Crippen molar-refractivity contribution in [1.82, 2.24) is 15.2 Å². The van der Waals surface area contributed by atoms with Gasteiger partial charge in [-0.2, -0.15) is 5.10 Å². The molecule has 0 spiro atoms. The molecule has 0 aliphatic carbocycles. The van der Waals surface area contributed by atoms with Crippen molar-refractivity contribution >= 4 is 11.6 Å². The van der Waals surface area contributed by atoms with Crippen LogP contribution in [0.25, 0.3) is 0 Å². The van der Waals surface area contributed by atoms with Crippen LogP contribution in [0, 0.1) is 12.7 Å². The van der Waals surface area contributed by atoms with E-state index in [9.17, 15) is 4.39 Å². The largest absolute Gasteiger partial charge is 0.271 e. The molecule has 1 aromatic heterocycles. The molecule has 0 radical (unpaired) electrons. The lowest BCUT2D eigenvalue weighted by Gasteiger charge is -2.19. The number of aromatic nitrogens is 2. The van der Waals surface area contributed by atoms with Crippen molar-refractivity contribution in [2.45, 2.75) is 32.9 Å². The Kier molecular flexibility index (Phi) is 4.75. The van der Waals surface area contributed by atoms with Gasteiger partial charge in [0.2, 0.25) is 0 Å². The van der Waals surface area contributed by atoms with Crippen molar-refractivity contribution in [3.8, 4) is 0 Å². The number of aryl methyl sites for hydroxylation is 2. The highest BCUT2D eigenvalue weighted by molar-refractivity contribution is 6.31. The van der Waals surface area contributed by atoms with E-state index < -0.39 is 0 Å². The molecule has 0 fully saturated rings. The number of nitrogens with zero attached hydrogens (tertiary/aromatic N) is 2. The van der Waals surface area contributed by atoms with E-state index in [0.29, 0.717) is 10.6 Å².